The van der Waals surface area contributed by atoms with E-state index in [4.69, 9.17) is 5.26 Å². The van der Waals surface area contributed by atoms with Gasteiger partial charge >= 0.3 is 6.79 Å². The van der Waals surface area contributed by atoms with Gasteiger partial charge in [-0.3, -0.25) is 0 Å². The van der Waals surface area contributed by atoms with E-state index in [9.17, 15) is 0 Å². The minimum atomic E-state index is 0. The summed E-state index contributed by atoms with van der Waals surface area (Å²) in [4.78, 5) is 0. The Morgan fingerprint density at radius 2 is 1.75 bits per heavy atom. The maximum Gasteiger partial charge on any atom is 0.307 e. The van der Waals surface area contributed by atoms with Crippen LogP contribution in [0.1, 0.15) is 0 Å². The van der Waals surface area contributed by atoms with Gasteiger partial charge in [0.1, 0.15) is 0 Å². The van der Waals surface area contributed by atoms with Gasteiger partial charge in [0, 0.05) is 7.43 Å². The molecule has 0 unspecified atom stereocenters. The van der Waals surface area contributed by atoms with E-state index in [0.717, 1.165) is 0 Å². The summed E-state index contributed by atoms with van der Waals surface area (Å²) >= 11 is 0. The zero-order chi connectivity index (χ0) is 2.71. The van der Waals surface area contributed by atoms with E-state index in [1.165, 1.54) is 0 Å². The average molecular weight is 58.0 g/mol. The maximum atomic E-state index is 8.32. The molecule has 0 rings (SSSR count). The molecule has 0 fully saturated rings. The highest BCUT2D eigenvalue weighted by Crippen LogP contribution is 0.809. The van der Waals surface area contributed by atoms with E-state index < -0.39 is 0 Å². The summed E-state index contributed by atoms with van der Waals surface area (Å²) in [6.45, 7) is 2.43. The maximum absolute atomic E-state index is 8.32. The zero-order valence-corrected chi connectivity index (χ0v) is 2.02. The lowest BCUT2D eigenvalue weighted by atomic mass is 11.9. The van der Waals surface area contributed by atoms with Crippen LogP contribution in [-0.2, 0) is 4.58 Å². The van der Waals surface area contributed by atoms with Crippen molar-refractivity contribution in [3.8, 4) is 0 Å². The third-order valence-electron chi connectivity index (χ3n) is 0. The Hall–Kier alpha value is -0.530. The highest BCUT2D eigenvalue weighted by atomic mass is 17.0. The first kappa shape index (κ1) is 9.80. The van der Waals surface area contributed by atoms with Gasteiger partial charge in [0.25, 0.3) is 0 Å². The van der Waals surface area contributed by atoms with Crippen molar-refractivity contribution in [3.05, 3.63) is 7.43 Å². The molecular weight excluding hydrogens is 56.0 g/mol. The van der Waals surface area contributed by atoms with E-state index in [1.807, 2.05) is 0 Å². The molecule has 0 aromatic carbocycles. The second-order valence-electron chi connectivity index (χ2n) is 0.118. The van der Waals surface area contributed by atoms with Gasteiger partial charge in [0.15, 0.2) is 0 Å². The van der Waals surface area contributed by atoms with E-state index in [1.54, 1.807) is 0 Å². The molecule has 2 heteroatoms. The Labute approximate surface area is 25.3 Å². The second-order valence-corrected chi connectivity index (χ2v) is 0.118. The molecule has 0 spiro atoms. The zero-order valence-electron chi connectivity index (χ0n) is 2.02. The fraction of sp³-hybridized carbons (Fsp3) is 0. The van der Waals surface area contributed by atoms with Crippen molar-refractivity contribution >= 4 is 6.79 Å². The van der Waals surface area contributed by atoms with Gasteiger partial charge in [0.2, 0.25) is 0 Å². The Morgan fingerprint density at radius 3 is 1.75 bits per heavy atom. The molecule has 0 saturated heterocycles. The SMILES string of the molecule is C=[O+][O-].[C]. The quantitative estimate of drug-likeness (QED) is 0.194. The van der Waals surface area contributed by atoms with Crippen molar-refractivity contribution in [3.63, 3.8) is 0 Å². The van der Waals surface area contributed by atoms with Crippen LogP contribution in [0.3, 0.4) is 0 Å². The van der Waals surface area contributed by atoms with Crippen LogP contribution in [0.4, 0.5) is 0 Å². The first-order valence-electron chi connectivity index (χ1n) is 0.455. The molecule has 0 aromatic rings. The van der Waals surface area contributed by atoms with Crippen molar-refractivity contribution in [2.45, 2.75) is 0 Å². The van der Waals surface area contributed by atoms with E-state index in [-0.39, 0.29) is 7.43 Å². The molecular formula is C2H2O2. The van der Waals surface area contributed by atoms with Gasteiger partial charge in [-0.05, 0) is 0 Å². The van der Waals surface area contributed by atoms with Crippen molar-refractivity contribution in [1.29, 1.82) is 0 Å². The molecule has 0 saturated carbocycles. The Kier molecular flexibility index (Phi) is 59.2. The summed E-state index contributed by atoms with van der Waals surface area (Å²) in [5, 5.41) is 8.32. The predicted molar refractivity (Wildman–Crippen MR) is 10.4 cm³/mol. The minimum Gasteiger partial charge on any atom is -0.463 e. The Balaban J connectivity index is 0. The van der Waals surface area contributed by atoms with Gasteiger partial charge in [-0.2, -0.15) is 4.58 Å². The lowest BCUT2D eigenvalue weighted by molar-refractivity contribution is -1.04. The van der Waals surface area contributed by atoms with Crippen molar-refractivity contribution in [2.24, 2.45) is 0 Å². The van der Waals surface area contributed by atoms with Crippen LogP contribution < -0.4 is 5.26 Å². The third-order valence-corrected chi connectivity index (χ3v) is 0. The molecule has 0 aliphatic rings. The van der Waals surface area contributed by atoms with Crippen LogP contribution in [0, 0.1) is 7.43 Å². The van der Waals surface area contributed by atoms with Gasteiger partial charge in [-0.25, -0.2) is 0 Å². The highest BCUT2D eigenvalue weighted by molar-refractivity contribution is 5.11. The lowest BCUT2D eigenvalue weighted by Crippen LogP contribution is -1.89. The highest BCUT2D eigenvalue weighted by Gasteiger charge is 1.09. The molecule has 0 aliphatic heterocycles. The van der Waals surface area contributed by atoms with Crippen LogP contribution in [0.25, 0.3) is 0 Å². The van der Waals surface area contributed by atoms with Crippen molar-refractivity contribution in [1.82, 2.24) is 0 Å². The molecule has 2 nitrogen and oxygen atoms in total. The lowest BCUT2D eigenvalue weighted by Gasteiger charge is -1.47. The molecule has 22 valence electrons. The summed E-state index contributed by atoms with van der Waals surface area (Å²) in [5.41, 5.74) is 0. The molecule has 0 atom stereocenters. The van der Waals surface area contributed by atoms with Gasteiger partial charge in [-0.15, -0.1) is 0 Å². The average Bonchev–Trinajstić information content (AvgIpc) is 0.918. The fourth-order valence-electron chi connectivity index (χ4n) is 0. The van der Waals surface area contributed by atoms with Crippen LogP contribution in [-0.4, -0.2) is 6.79 Å². The largest absolute Gasteiger partial charge is 0.463 e. The molecule has 0 aliphatic carbocycles. The predicted octanol–water partition coefficient (Wildman–Crippen LogP) is -1.29. The first-order valence-corrected chi connectivity index (χ1v) is 0.455. The summed E-state index contributed by atoms with van der Waals surface area (Å²) in [6, 6.07) is 0. The van der Waals surface area contributed by atoms with Crippen LogP contribution >= 0.6 is 0 Å². The molecule has 0 amide bonds. The van der Waals surface area contributed by atoms with Crippen molar-refractivity contribution in [2.75, 3.05) is 0 Å². The van der Waals surface area contributed by atoms with Crippen LogP contribution in [0.2, 0.25) is 0 Å². The van der Waals surface area contributed by atoms with Crippen LogP contribution in [0.15, 0.2) is 0 Å². The number of hydrogen-bond donors (Lipinski definition) is 0. The fourth-order valence-corrected chi connectivity index (χ4v) is 0. The minimum absolute atomic E-state index is 0. The standard InChI is InChI=1S/CH2O2.C/c1-3-2;/h1H2;. The van der Waals surface area contributed by atoms with Crippen LogP contribution in [0.5, 0.6) is 0 Å². The van der Waals surface area contributed by atoms with E-state index in [0.29, 0.717) is 0 Å². The number of carbonyl (C=O) groups excluding carboxylic acids is 1. The smallest absolute Gasteiger partial charge is 0.307 e. The summed E-state index contributed by atoms with van der Waals surface area (Å²) in [7, 11) is 0. The second kappa shape index (κ2) is 24.2. The summed E-state index contributed by atoms with van der Waals surface area (Å²) < 4.78 is 2.75. The van der Waals surface area contributed by atoms with E-state index in [2.05, 4.69) is 11.4 Å². The van der Waals surface area contributed by atoms with Gasteiger partial charge < -0.3 is 5.26 Å². The van der Waals surface area contributed by atoms with Crippen molar-refractivity contribution < 1.29 is 9.83 Å². The number of hydrogen-bond acceptors (Lipinski definition) is 1. The normalized spacial score (nSPS) is 3.00. The molecule has 4 heavy (non-hydrogen) atoms. The third kappa shape index (κ3) is 1.16. The van der Waals surface area contributed by atoms with E-state index >= 15 is 0 Å². The summed E-state index contributed by atoms with van der Waals surface area (Å²) in [5.74, 6) is 0. The summed E-state index contributed by atoms with van der Waals surface area (Å²) in [6.07, 6.45) is 0. The van der Waals surface area contributed by atoms with Gasteiger partial charge in [0.05, 0.1) is 0 Å². The number of rotatable bonds is 0. The molecule has 0 N–H and O–H groups in total. The Bertz CT molecular complexity index is 11.5. The molecule has 0 aromatic heterocycles. The van der Waals surface area contributed by atoms with Gasteiger partial charge in [-0.1, -0.05) is 0 Å². The molecule has 0 heterocycles. The Morgan fingerprint density at radius 1 is 1.75 bits per heavy atom. The molecule has 0 bridgehead atoms. The topological polar surface area (TPSA) is 34.4 Å². The first-order chi connectivity index (χ1) is 1.41. The monoisotopic (exact) mass is 58.0 g/mol. The molecule has 4 radical (unpaired) electrons.